The summed E-state index contributed by atoms with van der Waals surface area (Å²) < 4.78 is 4.61. The summed E-state index contributed by atoms with van der Waals surface area (Å²) in [6, 6.07) is 6.57. The molecule has 0 heterocycles. The van der Waals surface area contributed by atoms with Crippen molar-refractivity contribution in [2.24, 2.45) is 0 Å². The third-order valence-corrected chi connectivity index (χ3v) is 2.35. The third-order valence-electron chi connectivity index (χ3n) is 2.35. The molecule has 0 aliphatic carbocycles. The van der Waals surface area contributed by atoms with Gasteiger partial charge in [0.05, 0.1) is 25.3 Å². The standard InChI is InChI=1S/C12H17NO4/c1-17-12(16)9-3-2-4-10(7-9)13-11(8-15)5-6-14/h2-4,7,11,13-15H,5-6,8H2,1H3. The Balaban J connectivity index is 2.74. The predicted octanol–water partition coefficient (Wildman–Crippen LogP) is 0.628. The lowest BCUT2D eigenvalue weighted by Crippen LogP contribution is -2.25. The molecule has 5 heteroatoms. The van der Waals surface area contributed by atoms with Gasteiger partial charge in [-0.05, 0) is 24.6 Å². The topological polar surface area (TPSA) is 78.8 Å². The molecule has 0 aromatic heterocycles. The highest BCUT2D eigenvalue weighted by atomic mass is 16.5. The first-order chi connectivity index (χ1) is 8.21. The van der Waals surface area contributed by atoms with Crippen molar-refractivity contribution in [3.8, 4) is 0 Å². The van der Waals surface area contributed by atoms with Crippen LogP contribution >= 0.6 is 0 Å². The van der Waals surface area contributed by atoms with Crippen LogP contribution in [0, 0.1) is 0 Å². The van der Waals surface area contributed by atoms with Gasteiger partial charge in [0.2, 0.25) is 0 Å². The van der Waals surface area contributed by atoms with E-state index in [-0.39, 0.29) is 19.3 Å². The van der Waals surface area contributed by atoms with Gasteiger partial charge in [0, 0.05) is 12.3 Å². The van der Waals surface area contributed by atoms with Gasteiger partial charge in [0.25, 0.3) is 0 Å². The number of anilines is 1. The van der Waals surface area contributed by atoms with Crippen LogP contribution in [0.2, 0.25) is 0 Å². The lowest BCUT2D eigenvalue weighted by atomic mass is 10.1. The van der Waals surface area contributed by atoms with E-state index in [0.717, 1.165) is 0 Å². The van der Waals surface area contributed by atoms with E-state index in [0.29, 0.717) is 17.7 Å². The van der Waals surface area contributed by atoms with Gasteiger partial charge in [-0.25, -0.2) is 4.79 Å². The lowest BCUT2D eigenvalue weighted by molar-refractivity contribution is 0.0601. The molecule has 0 bridgehead atoms. The Bertz CT molecular complexity index is 367. The Morgan fingerprint density at radius 3 is 2.82 bits per heavy atom. The number of aliphatic hydroxyl groups is 2. The van der Waals surface area contributed by atoms with E-state index in [1.54, 1.807) is 24.3 Å². The molecule has 0 saturated heterocycles. The highest BCUT2D eigenvalue weighted by Crippen LogP contribution is 2.13. The maximum absolute atomic E-state index is 11.3. The van der Waals surface area contributed by atoms with Crippen molar-refractivity contribution in [3.05, 3.63) is 29.8 Å². The Morgan fingerprint density at radius 1 is 1.47 bits per heavy atom. The highest BCUT2D eigenvalue weighted by molar-refractivity contribution is 5.90. The first kappa shape index (κ1) is 13.5. The Hall–Kier alpha value is -1.59. The fraction of sp³-hybridized carbons (Fsp3) is 0.417. The van der Waals surface area contributed by atoms with Gasteiger partial charge in [0.15, 0.2) is 0 Å². The van der Waals surface area contributed by atoms with Gasteiger partial charge in [-0.3, -0.25) is 0 Å². The molecular weight excluding hydrogens is 222 g/mol. The number of carbonyl (C=O) groups excluding carboxylic acids is 1. The number of hydrogen-bond donors (Lipinski definition) is 3. The minimum absolute atomic E-state index is 0.00504. The first-order valence-electron chi connectivity index (χ1n) is 5.38. The SMILES string of the molecule is COC(=O)c1cccc(NC(CO)CCO)c1. The maximum atomic E-state index is 11.3. The van der Waals surface area contributed by atoms with Gasteiger partial charge < -0.3 is 20.3 Å². The van der Waals surface area contributed by atoms with Gasteiger partial charge in [-0.2, -0.15) is 0 Å². The predicted molar refractivity (Wildman–Crippen MR) is 64.0 cm³/mol. The lowest BCUT2D eigenvalue weighted by Gasteiger charge is -2.16. The number of rotatable bonds is 6. The first-order valence-corrected chi connectivity index (χ1v) is 5.38. The van der Waals surface area contributed by atoms with Gasteiger partial charge in [0.1, 0.15) is 0 Å². The Morgan fingerprint density at radius 2 is 2.24 bits per heavy atom. The number of ether oxygens (including phenoxy) is 1. The van der Waals surface area contributed by atoms with E-state index >= 15 is 0 Å². The van der Waals surface area contributed by atoms with Crippen LogP contribution in [0.3, 0.4) is 0 Å². The molecule has 0 spiro atoms. The van der Waals surface area contributed by atoms with Crippen molar-refractivity contribution in [3.63, 3.8) is 0 Å². The number of methoxy groups -OCH3 is 1. The molecular formula is C12H17NO4. The minimum Gasteiger partial charge on any atom is -0.465 e. The van der Waals surface area contributed by atoms with Gasteiger partial charge >= 0.3 is 5.97 Å². The molecule has 1 rings (SSSR count). The normalized spacial score (nSPS) is 11.9. The number of benzene rings is 1. The number of nitrogens with one attached hydrogen (secondary N) is 1. The van der Waals surface area contributed by atoms with E-state index < -0.39 is 5.97 Å². The van der Waals surface area contributed by atoms with Crippen LogP contribution in [0.25, 0.3) is 0 Å². The second-order valence-electron chi connectivity index (χ2n) is 3.61. The number of hydrogen-bond acceptors (Lipinski definition) is 5. The average molecular weight is 239 g/mol. The largest absolute Gasteiger partial charge is 0.465 e. The second kappa shape index (κ2) is 6.88. The summed E-state index contributed by atoms with van der Waals surface area (Å²) in [5.41, 5.74) is 1.15. The van der Waals surface area contributed by atoms with E-state index in [4.69, 9.17) is 10.2 Å². The van der Waals surface area contributed by atoms with Crippen molar-refractivity contribution in [1.82, 2.24) is 0 Å². The molecule has 94 valence electrons. The monoisotopic (exact) mass is 239 g/mol. The fourth-order valence-corrected chi connectivity index (χ4v) is 1.45. The third kappa shape index (κ3) is 4.05. The molecule has 0 amide bonds. The highest BCUT2D eigenvalue weighted by Gasteiger charge is 2.09. The summed E-state index contributed by atoms with van der Waals surface area (Å²) in [6.45, 7) is -0.0854. The zero-order valence-corrected chi connectivity index (χ0v) is 9.72. The molecule has 0 fully saturated rings. The quantitative estimate of drug-likeness (QED) is 0.634. The van der Waals surface area contributed by atoms with E-state index in [1.165, 1.54) is 7.11 Å². The molecule has 1 aromatic rings. The van der Waals surface area contributed by atoms with E-state index in [2.05, 4.69) is 10.1 Å². The molecule has 5 nitrogen and oxygen atoms in total. The fourth-order valence-electron chi connectivity index (χ4n) is 1.45. The zero-order valence-electron chi connectivity index (χ0n) is 9.72. The van der Waals surface area contributed by atoms with Gasteiger partial charge in [-0.15, -0.1) is 0 Å². The Labute approximate surface area is 100 Å². The van der Waals surface area contributed by atoms with Crippen LogP contribution in [0.1, 0.15) is 16.8 Å². The van der Waals surface area contributed by atoms with Crippen LogP contribution in [-0.4, -0.2) is 42.5 Å². The molecule has 3 N–H and O–H groups in total. The molecule has 1 unspecified atom stereocenters. The summed E-state index contributed by atoms with van der Waals surface area (Å²) in [5.74, 6) is -0.406. The van der Waals surface area contributed by atoms with Crippen molar-refractivity contribution in [2.75, 3.05) is 25.6 Å². The summed E-state index contributed by atoms with van der Waals surface area (Å²) >= 11 is 0. The summed E-state index contributed by atoms with van der Waals surface area (Å²) in [7, 11) is 1.32. The van der Waals surface area contributed by atoms with Crippen LogP contribution in [0.15, 0.2) is 24.3 Å². The molecule has 1 atom stereocenters. The molecule has 0 radical (unpaired) electrons. The van der Waals surface area contributed by atoms with Crippen molar-refractivity contribution >= 4 is 11.7 Å². The molecule has 1 aromatic carbocycles. The molecule has 0 saturated carbocycles. The Kier molecular flexibility index (Phi) is 5.45. The van der Waals surface area contributed by atoms with E-state index in [1.807, 2.05) is 0 Å². The molecule has 0 aliphatic heterocycles. The summed E-state index contributed by atoms with van der Waals surface area (Å²) in [4.78, 5) is 11.3. The zero-order chi connectivity index (χ0) is 12.7. The van der Waals surface area contributed by atoms with Gasteiger partial charge in [-0.1, -0.05) is 6.07 Å². The summed E-state index contributed by atoms with van der Waals surface area (Å²) in [6.07, 6.45) is 0.443. The van der Waals surface area contributed by atoms with E-state index in [9.17, 15) is 4.79 Å². The van der Waals surface area contributed by atoms with Crippen molar-refractivity contribution < 1.29 is 19.7 Å². The van der Waals surface area contributed by atoms with Crippen molar-refractivity contribution in [1.29, 1.82) is 0 Å². The molecule has 0 aliphatic rings. The minimum atomic E-state index is -0.406. The number of esters is 1. The molecule has 17 heavy (non-hydrogen) atoms. The maximum Gasteiger partial charge on any atom is 0.337 e. The van der Waals surface area contributed by atoms with Crippen LogP contribution in [0.4, 0.5) is 5.69 Å². The average Bonchev–Trinajstić information content (AvgIpc) is 2.37. The van der Waals surface area contributed by atoms with Crippen LogP contribution in [-0.2, 0) is 4.74 Å². The van der Waals surface area contributed by atoms with Crippen LogP contribution < -0.4 is 5.32 Å². The van der Waals surface area contributed by atoms with Crippen molar-refractivity contribution in [2.45, 2.75) is 12.5 Å². The number of aliphatic hydroxyl groups excluding tert-OH is 2. The second-order valence-corrected chi connectivity index (χ2v) is 3.61. The number of carbonyl (C=O) groups is 1. The smallest absolute Gasteiger partial charge is 0.337 e. The summed E-state index contributed by atoms with van der Waals surface area (Å²) in [5, 5.41) is 20.9. The van der Waals surface area contributed by atoms with Crippen LogP contribution in [0.5, 0.6) is 0 Å².